The number of hydrogen-bond donors (Lipinski definition) is 2. The van der Waals surface area contributed by atoms with Gasteiger partial charge in [-0.1, -0.05) is 0 Å². The van der Waals surface area contributed by atoms with Gasteiger partial charge in [0.2, 0.25) is 5.91 Å². The van der Waals surface area contributed by atoms with E-state index in [0.29, 0.717) is 0 Å². The quantitative estimate of drug-likeness (QED) is 0.425. The highest BCUT2D eigenvalue weighted by atomic mass is 16.2. The van der Waals surface area contributed by atoms with Gasteiger partial charge in [-0.2, -0.15) is 0 Å². The molecule has 0 fully saturated rings. The van der Waals surface area contributed by atoms with Gasteiger partial charge in [-0.3, -0.25) is 25.2 Å². The smallest absolute Gasteiger partial charge is 0.262 e. The van der Waals surface area contributed by atoms with Gasteiger partial charge in [-0.05, 0) is 13.0 Å². The third-order valence-corrected chi connectivity index (χ3v) is 0.831. The molecule has 0 aliphatic rings. The summed E-state index contributed by atoms with van der Waals surface area (Å²) in [4.78, 5) is 31.3. The minimum atomic E-state index is -0.541. The van der Waals surface area contributed by atoms with E-state index >= 15 is 0 Å². The molecule has 0 saturated carbocycles. The van der Waals surface area contributed by atoms with E-state index in [9.17, 15) is 14.4 Å². The van der Waals surface area contributed by atoms with Crippen molar-refractivity contribution in [3.05, 3.63) is 12.2 Å². The first-order valence-corrected chi connectivity index (χ1v) is 3.27. The predicted octanol–water partition coefficient (Wildman–Crippen LogP) is -0.701. The fourth-order valence-corrected chi connectivity index (χ4v) is 0.384. The molecule has 0 saturated heterocycles. The Bertz CT molecular complexity index is 233. The second kappa shape index (κ2) is 5.06. The zero-order valence-corrected chi connectivity index (χ0v) is 6.88. The number of rotatable bonds is 2. The second-order valence-corrected chi connectivity index (χ2v) is 2.11. The molecule has 12 heavy (non-hydrogen) atoms. The molecule has 2 amide bonds. The van der Waals surface area contributed by atoms with E-state index < -0.39 is 5.91 Å². The van der Waals surface area contributed by atoms with E-state index in [1.165, 1.54) is 13.8 Å². The fraction of sp³-hybridized carbons (Fsp3) is 0.286. The molecule has 0 atom stereocenters. The molecule has 0 heterocycles. The summed E-state index contributed by atoms with van der Waals surface area (Å²) in [5.74, 6) is -1.15. The highest BCUT2D eigenvalue weighted by Gasteiger charge is 1.94. The lowest BCUT2D eigenvalue weighted by molar-refractivity contribution is -0.125. The maximum atomic E-state index is 10.7. The van der Waals surface area contributed by atoms with Gasteiger partial charge < -0.3 is 0 Å². The van der Waals surface area contributed by atoms with Crippen LogP contribution in [0.5, 0.6) is 0 Å². The van der Waals surface area contributed by atoms with Gasteiger partial charge in [0.1, 0.15) is 0 Å². The van der Waals surface area contributed by atoms with Crippen LogP contribution in [0.1, 0.15) is 13.8 Å². The van der Waals surface area contributed by atoms with Crippen molar-refractivity contribution in [3.63, 3.8) is 0 Å². The van der Waals surface area contributed by atoms with Crippen molar-refractivity contribution < 1.29 is 14.4 Å². The second-order valence-electron chi connectivity index (χ2n) is 2.11. The predicted molar refractivity (Wildman–Crippen MR) is 41.8 cm³/mol. The Balaban J connectivity index is 3.75. The Morgan fingerprint density at radius 2 is 1.58 bits per heavy atom. The van der Waals surface area contributed by atoms with E-state index in [1.54, 1.807) is 0 Å². The summed E-state index contributed by atoms with van der Waals surface area (Å²) in [7, 11) is 0. The average Bonchev–Trinajstić information content (AvgIpc) is 1.96. The van der Waals surface area contributed by atoms with Gasteiger partial charge in [-0.25, -0.2) is 0 Å². The van der Waals surface area contributed by atoms with Crippen LogP contribution >= 0.6 is 0 Å². The topological polar surface area (TPSA) is 75.3 Å². The minimum absolute atomic E-state index is 0.229. The summed E-state index contributed by atoms with van der Waals surface area (Å²) >= 11 is 0. The molecule has 0 aliphatic carbocycles. The molecule has 0 aliphatic heterocycles. The molecule has 0 radical (unpaired) electrons. The van der Waals surface area contributed by atoms with Crippen molar-refractivity contribution in [3.8, 4) is 0 Å². The minimum Gasteiger partial charge on any atom is -0.295 e. The molecule has 0 aromatic carbocycles. The number of ketones is 1. The molecule has 2 N–H and O–H groups in total. The summed E-state index contributed by atoms with van der Waals surface area (Å²) in [6.07, 6.45) is 2.15. The number of nitrogens with one attached hydrogen (secondary N) is 2. The number of hydrogen-bond acceptors (Lipinski definition) is 3. The van der Waals surface area contributed by atoms with E-state index in [0.717, 1.165) is 12.2 Å². The molecule has 0 aromatic rings. The lowest BCUT2D eigenvalue weighted by Crippen LogP contribution is -2.39. The normalized spacial score (nSPS) is 9.50. The maximum absolute atomic E-state index is 10.7. The Morgan fingerprint density at radius 1 is 1.00 bits per heavy atom. The molecule has 0 rings (SSSR count). The number of allylic oxidation sites excluding steroid dienone is 1. The van der Waals surface area contributed by atoms with Crippen molar-refractivity contribution >= 4 is 17.6 Å². The first kappa shape index (κ1) is 10.3. The molecular formula is C7H10N2O3. The fourth-order valence-electron chi connectivity index (χ4n) is 0.384. The average molecular weight is 170 g/mol. The largest absolute Gasteiger partial charge is 0.295 e. The lowest BCUT2D eigenvalue weighted by Gasteiger charge is -1.99. The summed E-state index contributed by atoms with van der Waals surface area (Å²) in [6.45, 7) is 2.58. The summed E-state index contributed by atoms with van der Waals surface area (Å²) in [6, 6.07) is 0. The summed E-state index contributed by atoms with van der Waals surface area (Å²) in [5, 5.41) is 0. The molecule has 0 spiro atoms. The number of carbonyl (C=O) groups is 3. The Hall–Kier alpha value is -1.65. The molecule has 0 aromatic heterocycles. The molecule has 0 bridgehead atoms. The highest BCUT2D eigenvalue weighted by molar-refractivity contribution is 5.97. The monoisotopic (exact) mass is 170 g/mol. The van der Waals surface area contributed by atoms with Crippen molar-refractivity contribution in [1.29, 1.82) is 0 Å². The van der Waals surface area contributed by atoms with Crippen LogP contribution < -0.4 is 10.9 Å². The number of carbonyl (C=O) groups excluding carboxylic acids is 3. The Morgan fingerprint density at radius 3 is 2.00 bits per heavy atom. The van der Waals surface area contributed by atoms with Crippen LogP contribution in [0.2, 0.25) is 0 Å². The number of hydrazine groups is 1. The molecule has 5 heteroatoms. The summed E-state index contributed by atoms with van der Waals surface area (Å²) in [5.41, 5.74) is 4.13. The van der Waals surface area contributed by atoms with E-state index in [4.69, 9.17) is 0 Å². The first-order chi connectivity index (χ1) is 5.52. The van der Waals surface area contributed by atoms with Crippen LogP contribution in [0, 0.1) is 0 Å². The molecule has 5 nitrogen and oxygen atoms in total. The van der Waals surface area contributed by atoms with Crippen LogP contribution in [-0.4, -0.2) is 17.6 Å². The van der Waals surface area contributed by atoms with Crippen molar-refractivity contribution in [1.82, 2.24) is 10.9 Å². The van der Waals surface area contributed by atoms with Gasteiger partial charge in [-0.15, -0.1) is 0 Å². The van der Waals surface area contributed by atoms with Gasteiger partial charge in [0.15, 0.2) is 5.78 Å². The third-order valence-electron chi connectivity index (χ3n) is 0.831. The molecule has 0 unspecified atom stereocenters. The van der Waals surface area contributed by atoms with E-state index in [1.807, 2.05) is 0 Å². The van der Waals surface area contributed by atoms with Gasteiger partial charge >= 0.3 is 0 Å². The van der Waals surface area contributed by atoms with Crippen LogP contribution in [0.25, 0.3) is 0 Å². The van der Waals surface area contributed by atoms with Crippen molar-refractivity contribution in [2.24, 2.45) is 0 Å². The van der Waals surface area contributed by atoms with Gasteiger partial charge in [0.25, 0.3) is 5.91 Å². The van der Waals surface area contributed by atoms with Crippen molar-refractivity contribution in [2.75, 3.05) is 0 Å². The lowest BCUT2D eigenvalue weighted by atomic mass is 10.4. The molecular weight excluding hydrogens is 160 g/mol. The van der Waals surface area contributed by atoms with E-state index in [2.05, 4.69) is 10.9 Å². The Labute approximate surface area is 69.8 Å². The van der Waals surface area contributed by atoms with Gasteiger partial charge in [0, 0.05) is 13.0 Å². The highest BCUT2D eigenvalue weighted by Crippen LogP contribution is 1.74. The van der Waals surface area contributed by atoms with Crippen molar-refractivity contribution in [2.45, 2.75) is 13.8 Å². The van der Waals surface area contributed by atoms with Crippen LogP contribution in [0.3, 0.4) is 0 Å². The zero-order valence-electron chi connectivity index (χ0n) is 6.88. The van der Waals surface area contributed by atoms with Crippen LogP contribution in [0.4, 0.5) is 0 Å². The number of amides is 2. The SMILES string of the molecule is CC(=O)/C=C\C(=O)NNC(C)=O. The third kappa shape index (κ3) is 6.47. The van der Waals surface area contributed by atoms with Crippen LogP contribution in [0.15, 0.2) is 12.2 Å². The van der Waals surface area contributed by atoms with Crippen LogP contribution in [-0.2, 0) is 14.4 Å². The molecule has 66 valence electrons. The first-order valence-electron chi connectivity index (χ1n) is 3.27. The summed E-state index contributed by atoms with van der Waals surface area (Å²) < 4.78 is 0. The Kier molecular flexibility index (Phi) is 4.36. The van der Waals surface area contributed by atoms with Gasteiger partial charge in [0.05, 0.1) is 0 Å². The maximum Gasteiger partial charge on any atom is 0.262 e. The van der Waals surface area contributed by atoms with E-state index in [-0.39, 0.29) is 11.7 Å². The standard InChI is InChI=1S/C7H10N2O3/c1-5(10)3-4-7(12)9-8-6(2)11/h3-4H,1-2H3,(H,8,11)(H,9,12)/b4-3-. The zero-order chi connectivity index (χ0) is 9.56.